The maximum Gasteiger partial charge on any atom is 0.146 e. The highest BCUT2D eigenvalue weighted by atomic mass is 32.2. The van der Waals surface area contributed by atoms with Crippen molar-refractivity contribution in [1.82, 2.24) is 0 Å². The zero-order valence-electron chi connectivity index (χ0n) is 10.9. The maximum absolute atomic E-state index is 11.4. The third-order valence-electron chi connectivity index (χ3n) is 3.11. The first kappa shape index (κ1) is 15.5. The van der Waals surface area contributed by atoms with Gasteiger partial charge in [0, 0.05) is 12.2 Å². The minimum atomic E-state index is -0.645. The lowest BCUT2D eigenvalue weighted by molar-refractivity contribution is -0.115. The van der Waals surface area contributed by atoms with E-state index in [4.69, 9.17) is 0 Å². The van der Waals surface area contributed by atoms with E-state index < -0.39 is 4.08 Å². The Labute approximate surface area is 136 Å². The SMILES string of the molecule is O=C(CS)Cc1ccc(C(S)(S)c2ccccc2)cc1. The van der Waals surface area contributed by atoms with Crippen LogP contribution in [-0.2, 0) is 15.3 Å². The van der Waals surface area contributed by atoms with Crippen LogP contribution in [0.5, 0.6) is 0 Å². The number of hydrogen-bond acceptors (Lipinski definition) is 4. The summed E-state index contributed by atoms with van der Waals surface area (Å²) in [6.07, 6.45) is 0.418. The maximum atomic E-state index is 11.4. The second-order valence-electron chi connectivity index (χ2n) is 4.61. The Morgan fingerprint density at radius 2 is 1.45 bits per heavy atom. The number of hydrogen-bond donors (Lipinski definition) is 3. The van der Waals surface area contributed by atoms with E-state index in [-0.39, 0.29) is 11.5 Å². The van der Waals surface area contributed by atoms with Crippen LogP contribution in [0.4, 0.5) is 0 Å². The molecule has 0 aliphatic carbocycles. The number of ketones is 1. The molecule has 0 N–H and O–H groups in total. The molecule has 0 saturated carbocycles. The van der Waals surface area contributed by atoms with Gasteiger partial charge in [-0.2, -0.15) is 37.9 Å². The average molecular weight is 321 g/mol. The largest absolute Gasteiger partial charge is 0.298 e. The van der Waals surface area contributed by atoms with Crippen LogP contribution in [-0.4, -0.2) is 11.5 Å². The molecule has 20 heavy (non-hydrogen) atoms. The molecular formula is C16H16OS3. The van der Waals surface area contributed by atoms with Crippen LogP contribution in [0.1, 0.15) is 16.7 Å². The van der Waals surface area contributed by atoms with Gasteiger partial charge in [-0.15, -0.1) is 0 Å². The van der Waals surface area contributed by atoms with Gasteiger partial charge < -0.3 is 0 Å². The summed E-state index contributed by atoms with van der Waals surface area (Å²) in [5.41, 5.74) is 2.99. The Bertz CT molecular complexity index is 576. The predicted molar refractivity (Wildman–Crippen MR) is 94.2 cm³/mol. The molecule has 2 rings (SSSR count). The quantitative estimate of drug-likeness (QED) is 0.564. The number of carbonyl (C=O) groups excluding carboxylic acids is 1. The van der Waals surface area contributed by atoms with Crippen LogP contribution in [0.3, 0.4) is 0 Å². The lowest BCUT2D eigenvalue weighted by atomic mass is 10.0. The summed E-state index contributed by atoms with van der Waals surface area (Å²) >= 11 is 13.3. The first-order valence-electron chi connectivity index (χ1n) is 6.26. The molecule has 0 amide bonds. The van der Waals surface area contributed by atoms with Crippen LogP contribution >= 0.6 is 37.9 Å². The highest BCUT2D eigenvalue weighted by molar-refractivity contribution is 8.00. The van der Waals surface area contributed by atoms with Crippen molar-refractivity contribution in [3.63, 3.8) is 0 Å². The molecule has 0 radical (unpaired) electrons. The summed E-state index contributed by atoms with van der Waals surface area (Å²) in [5, 5.41) is 0. The van der Waals surface area contributed by atoms with Crippen LogP contribution in [0.15, 0.2) is 54.6 Å². The lowest BCUT2D eigenvalue weighted by Gasteiger charge is -2.24. The molecule has 4 heteroatoms. The van der Waals surface area contributed by atoms with Crippen molar-refractivity contribution in [1.29, 1.82) is 0 Å². The van der Waals surface area contributed by atoms with Gasteiger partial charge in [0.05, 0.1) is 0 Å². The fourth-order valence-corrected chi connectivity index (χ4v) is 2.68. The van der Waals surface area contributed by atoms with Gasteiger partial charge in [-0.3, -0.25) is 4.79 Å². The molecule has 2 aromatic rings. The van der Waals surface area contributed by atoms with Gasteiger partial charge in [-0.05, 0) is 16.7 Å². The van der Waals surface area contributed by atoms with E-state index in [2.05, 4.69) is 37.9 Å². The van der Waals surface area contributed by atoms with E-state index in [1.807, 2.05) is 54.6 Å². The molecular weight excluding hydrogens is 304 g/mol. The molecule has 0 aliphatic heterocycles. The van der Waals surface area contributed by atoms with Gasteiger partial charge in [-0.1, -0.05) is 54.6 Å². The minimum absolute atomic E-state index is 0.118. The fourth-order valence-electron chi connectivity index (χ4n) is 1.98. The second-order valence-corrected chi connectivity index (χ2v) is 6.62. The van der Waals surface area contributed by atoms with Crippen molar-refractivity contribution in [2.45, 2.75) is 10.5 Å². The van der Waals surface area contributed by atoms with E-state index in [0.717, 1.165) is 16.7 Å². The highest BCUT2D eigenvalue weighted by Gasteiger charge is 2.25. The van der Waals surface area contributed by atoms with Crippen molar-refractivity contribution >= 4 is 43.7 Å². The topological polar surface area (TPSA) is 17.1 Å². The van der Waals surface area contributed by atoms with Crippen LogP contribution < -0.4 is 0 Å². The van der Waals surface area contributed by atoms with Crippen molar-refractivity contribution in [3.8, 4) is 0 Å². The van der Waals surface area contributed by atoms with Gasteiger partial charge in [0.15, 0.2) is 0 Å². The van der Waals surface area contributed by atoms with Crippen molar-refractivity contribution in [3.05, 3.63) is 71.3 Å². The summed E-state index contributed by atoms with van der Waals surface area (Å²) in [7, 11) is 0. The monoisotopic (exact) mass is 320 g/mol. The van der Waals surface area contributed by atoms with E-state index in [1.54, 1.807) is 0 Å². The lowest BCUT2D eigenvalue weighted by Crippen LogP contribution is -2.12. The number of benzene rings is 2. The van der Waals surface area contributed by atoms with Crippen LogP contribution in [0.2, 0.25) is 0 Å². The molecule has 0 heterocycles. The third-order valence-corrected chi connectivity index (χ3v) is 4.50. The zero-order chi connectivity index (χ0) is 14.6. The first-order valence-corrected chi connectivity index (χ1v) is 7.79. The normalized spacial score (nSPS) is 11.3. The van der Waals surface area contributed by atoms with Gasteiger partial charge in [0.25, 0.3) is 0 Å². The number of rotatable bonds is 5. The molecule has 0 saturated heterocycles. The molecule has 104 valence electrons. The fraction of sp³-hybridized carbons (Fsp3) is 0.188. The molecule has 0 atom stereocenters. The second kappa shape index (κ2) is 6.74. The summed E-state index contributed by atoms with van der Waals surface area (Å²) in [4.78, 5) is 11.4. The highest BCUT2D eigenvalue weighted by Crippen LogP contribution is 2.39. The van der Waals surface area contributed by atoms with Crippen LogP contribution in [0.25, 0.3) is 0 Å². The molecule has 0 unspecified atom stereocenters. The Hall–Kier alpha value is -0.840. The molecule has 0 bridgehead atoms. The van der Waals surface area contributed by atoms with Gasteiger partial charge in [0.1, 0.15) is 9.86 Å². The van der Waals surface area contributed by atoms with Gasteiger partial charge in [0.2, 0.25) is 0 Å². The first-order chi connectivity index (χ1) is 9.54. The van der Waals surface area contributed by atoms with E-state index >= 15 is 0 Å². The number of Topliss-reactive ketones (excluding diaryl/α,β-unsaturated/α-hetero) is 1. The standard InChI is InChI=1S/C16H16OS3/c17-15(11-18)10-12-6-8-14(9-7-12)16(19,20)13-4-2-1-3-5-13/h1-9,18-20H,10-11H2. The Morgan fingerprint density at radius 3 is 2.00 bits per heavy atom. The zero-order valence-corrected chi connectivity index (χ0v) is 13.5. The van der Waals surface area contributed by atoms with Crippen LogP contribution in [0, 0.1) is 0 Å². The number of carbonyl (C=O) groups is 1. The van der Waals surface area contributed by atoms with E-state index in [1.165, 1.54) is 0 Å². The summed E-state index contributed by atoms with van der Waals surface area (Å²) in [6.45, 7) is 0. The van der Waals surface area contributed by atoms with Gasteiger partial charge in [-0.25, -0.2) is 0 Å². The van der Waals surface area contributed by atoms with E-state index in [9.17, 15) is 4.79 Å². The third kappa shape index (κ3) is 3.62. The summed E-state index contributed by atoms with van der Waals surface area (Å²) < 4.78 is -0.645. The summed E-state index contributed by atoms with van der Waals surface area (Å²) in [6, 6.07) is 17.7. The molecule has 0 spiro atoms. The predicted octanol–water partition coefficient (Wildman–Crippen LogP) is 3.79. The van der Waals surface area contributed by atoms with Crippen molar-refractivity contribution < 1.29 is 4.79 Å². The van der Waals surface area contributed by atoms with Crippen molar-refractivity contribution in [2.24, 2.45) is 0 Å². The number of thiol groups is 3. The smallest absolute Gasteiger partial charge is 0.146 e. The average Bonchev–Trinajstić information content (AvgIpc) is 2.48. The molecule has 0 aromatic heterocycles. The minimum Gasteiger partial charge on any atom is -0.298 e. The Morgan fingerprint density at radius 1 is 0.900 bits per heavy atom. The van der Waals surface area contributed by atoms with E-state index in [0.29, 0.717) is 6.42 Å². The summed E-state index contributed by atoms with van der Waals surface area (Å²) in [5.74, 6) is 0.390. The van der Waals surface area contributed by atoms with Crippen molar-refractivity contribution in [2.75, 3.05) is 5.75 Å². The molecule has 0 aliphatic rings. The molecule has 1 nitrogen and oxygen atoms in total. The van der Waals surface area contributed by atoms with Gasteiger partial charge >= 0.3 is 0 Å². The Balaban J connectivity index is 2.23. The molecule has 2 aromatic carbocycles. The molecule has 0 fully saturated rings. The Kier molecular flexibility index (Phi) is 5.24.